The number of carbonyl (C=O) groups is 2. The first kappa shape index (κ1) is 13.4. The number of hydrogen-bond donors (Lipinski definition) is 1. The van der Waals surface area contributed by atoms with Gasteiger partial charge in [0.05, 0.1) is 5.92 Å². The van der Waals surface area contributed by atoms with Crippen molar-refractivity contribution in [3.63, 3.8) is 0 Å². The summed E-state index contributed by atoms with van der Waals surface area (Å²) >= 11 is 0. The van der Waals surface area contributed by atoms with E-state index in [4.69, 9.17) is 0 Å². The van der Waals surface area contributed by atoms with E-state index in [9.17, 15) is 9.59 Å². The third-order valence-electron chi connectivity index (χ3n) is 2.94. The van der Waals surface area contributed by atoms with E-state index in [1.165, 1.54) is 0 Å². The number of piperidine rings is 1. The first-order valence-electron chi connectivity index (χ1n) is 5.81. The predicted molar refractivity (Wildman–Crippen MR) is 68.1 cm³/mol. The van der Waals surface area contributed by atoms with Crippen molar-refractivity contribution in [2.75, 3.05) is 0 Å². The summed E-state index contributed by atoms with van der Waals surface area (Å²) in [5.41, 5.74) is 1.73. The van der Waals surface area contributed by atoms with Gasteiger partial charge in [0.1, 0.15) is 0 Å². The van der Waals surface area contributed by atoms with Gasteiger partial charge in [0, 0.05) is 6.42 Å². The largest absolute Gasteiger partial charge is 0.296 e. The minimum atomic E-state index is -0.288. The molecule has 0 spiro atoms. The van der Waals surface area contributed by atoms with Crippen LogP contribution in [0.3, 0.4) is 0 Å². The van der Waals surface area contributed by atoms with Crippen molar-refractivity contribution in [3.8, 4) is 0 Å². The van der Waals surface area contributed by atoms with Crippen LogP contribution in [0.1, 0.15) is 26.7 Å². The number of allylic oxidation sites excluding steroid dienone is 3. The molecular weight excluding hydrogens is 214 g/mol. The van der Waals surface area contributed by atoms with E-state index in [2.05, 4.69) is 32.3 Å². The van der Waals surface area contributed by atoms with E-state index >= 15 is 0 Å². The van der Waals surface area contributed by atoms with Crippen LogP contribution in [0.5, 0.6) is 0 Å². The van der Waals surface area contributed by atoms with Gasteiger partial charge >= 0.3 is 0 Å². The number of hydrogen-bond acceptors (Lipinski definition) is 2. The van der Waals surface area contributed by atoms with Crippen LogP contribution < -0.4 is 5.32 Å². The van der Waals surface area contributed by atoms with Gasteiger partial charge in [0.2, 0.25) is 11.8 Å². The molecule has 92 valence electrons. The van der Waals surface area contributed by atoms with Crippen molar-refractivity contribution in [3.05, 3.63) is 36.5 Å². The van der Waals surface area contributed by atoms with Crippen molar-refractivity contribution in [2.45, 2.75) is 26.7 Å². The van der Waals surface area contributed by atoms with Crippen LogP contribution in [0.25, 0.3) is 0 Å². The fourth-order valence-electron chi connectivity index (χ4n) is 1.57. The van der Waals surface area contributed by atoms with E-state index in [-0.39, 0.29) is 17.7 Å². The van der Waals surface area contributed by atoms with E-state index in [1.807, 2.05) is 12.2 Å². The molecule has 1 rings (SSSR count). The van der Waals surface area contributed by atoms with Gasteiger partial charge in [-0.3, -0.25) is 14.9 Å². The first-order chi connectivity index (χ1) is 7.91. The Labute approximate surface area is 102 Å². The Balaban J connectivity index is 2.62. The zero-order valence-corrected chi connectivity index (χ0v) is 10.5. The van der Waals surface area contributed by atoms with Gasteiger partial charge in [-0.05, 0) is 17.9 Å². The van der Waals surface area contributed by atoms with Crippen molar-refractivity contribution < 1.29 is 9.59 Å². The Bertz CT molecular complexity index is 391. The molecule has 0 aliphatic carbocycles. The van der Waals surface area contributed by atoms with Gasteiger partial charge in [-0.1, -0.05) is 44.7 Å². The lowest BCUT2D eigenvalue weighted by Gasteiger charge is -2.21. The van der Waals surface area contributed by atoms with E-state index in [0.717, 1.165) is 11.1 Å². The molecule has 1 aliphatic rings. The highest BCUT2D eigenvalue weighted by Gasteiger charge is 2.27. The molecule has 1 heterocycles. The molecule has 0 saturated carbocycles. The smallest absolute Gasteiger partial charge is 0.234 e. The Hall–Kier alpha value is -1.64. The minimum Gasteiger partial charge on any atom is -0.296 e. The average Bonchev–Trinajstić information content (AvgIpc) is 2.25. The maximum atomic E-state index is 11.6. The summed E-state index contributed by atoms with van der Waals surface area (Å²) in [5.74, 6) is -0.356. The summed E-state index contributed by atoms with van der Waals surface area (Å²) < 4.78 is 0. The third kappa shape index (κ3) is 3.70. The Kier molecular flexibility index (Phi) is 4.44. The molecule has 1 saturated heterocycles. The van der Waals surface area contributed by atoms with Crippen LogP contribution >= 0.6 is 0 Å². The van der Waals surface area contributed by atoms with Crippen LogP contribution in [-0.2, 0) is 9.59 Å². The zero-order chi connectivity index (χ0) is 13.0. The standard InChI is InChI=1S/C14H19NO2/c1-9(2)10(3)5-6-11(4)12-7-8-13(16)15-14(12)17/h5-6,9,12H,3-4,7-8H2,1-2H3,(H,15,16,17)/b6-5-. The monoisotopic (exact) mass is 233 g/mol. The van der Waals surface area contributed by atoms with Crippen molar-refractivity contribution in [1.82, 2.24) is 5.32 Å². The second kappa shape index (κ2) is 5.62. The molecule has 0 aromatic rings. The van der Waals surface area contributed by atoms with Crippen LogP contribution in [-0.4, -0.2) is 11.8 Å². The van der Waals surface area contributed by atoms with E-state index in [1.54, 1.807) is 0 Å². The summed E-state index contributed by atoms with van der Waals surface area (Å²) in [6.07, 6.45) is 4.63. The number of rotatable bonds is 4. The second-order valence-electron chi connectivity index (χ2n) is 4.64. The highest BCUT2D eigenvalue weighted by molar-refractivity contribution is 6.00. The summed E-state index contributed by atoms with van der Waals surface area (Å²) in [7, 11) is 0. The molecule has 0 aromatic carbocycles. The summed E-state index contributed by atoms with van der Waals surface area (Å²) in [6, 6.07) is 0. The van der Waals surface area contributed by atoms with E-state index < -0.39 is 0 Å². The van der Waals surface area contributed by atoms with Crippen LogP contribution in [0.15, 0.2) is 36.5 Å². The zero-order valence-electron chi connectivity index (χ0n) is 10.5. The second-order valence-corrected chi connectivity index (χ2v) is 4.64. The Morgan fingerprint density at radius 1 is 1.35 bits per heavy atom. The Morgan fingerprint density at radius 2 is 2.00 bits per heavy atom. The number of amides is 2. The molecular formula is C14H19NO2. The van der Waals surface area contributed by atoms with Gasteiger partial charge in [-0.15, -0.1) is 0 Å². The van der Waals surface area contributed by atoms with Crippen molar-refractivity contribution in [2.24, 2.45) is 11.8 Å². The molecule has 0 radical (unpaired) electrons. The molecule has 3 nitrogen and oxygen atoms in total. The van der Waals surface area contributed by atoms with Gasteiger partial charge in [-0.25, -0.2) is 0 Å². The van der Waals surface area contributed by atoms with Gasteiger partial charge in [0.15, 0.2) is 0 Å². The molecule has 1 atom stereocenters. The summed E-state index contributed by atoms with van der Waals surface area (Å²) in [6.45, 7) is 11.9. The number of imide groups is 1. The van der Waals surface area contributed by atoms with Crippen molar-refractivity contribution in [1.29, 1.82) is 0 Å². The first-order valence-corrected chi connectivity index (χ1v) is 5.81. The lowest BCUT2D eigenvalue weighted by atomic mass is 9.90. The van der Waals surface area contributed by atoms with Gasteiger partial charge < -0.3 is 0 Å². The normalized spacial score (nSPS) is 20.8. The molecule has 1 fully saturated rings. The molecule has 0 aromatic heterocycles. The predicted octanol–water partition coefficient (Wildman–Crippen LogP) is 2.36. The lowest BCUT2D eigenvalue weighted by Crippen LogP contribution is -2.41. The molecule has 1 unspecified atom stereocenters. The average molecular weight is 233 g/mol. The van der Waals surface area contributed by atoms with Crippen LogP contribution in [0.2, 0.25) is 0 Å². The van der Waals surface area contributed by atoms with E-state index in [0.29, 0.717) is 18.8 Å². The number of nitrogens with one attached hydrogen (secondary N) is 1. The minimum absolute atomic E-state index is 0.199. The summed E-state index contributed by atoms with van der Waals surface area (Å²) in [5, 5.41) is 2.33. The SMILES string of the molecule is C=C(/C=C\C(=C)C1CCC(=O)NC1=O)C(C)C. The van der Waals surface area contributed by atoms with Crippen LogP contribution in [0.4, 0.5) is 0 Å². The molecule has 1 aliphatic heterocycles. The topological polar surface area (TPSA) is 46.2 Å². The Morgan fingerprint density at radius 3 is 2.53 bits per heavy atom. The fourth-order valence-corrected chi connectivity index (χ4v) is 1.57. The highest BCUT2D eigenvalue weighted by Crippen LogP contribution is 2.21. The number of carbonyl (C=O) groups excluding carboxylic acids is 2. The molecule has 1 N–H and O–H groups in total. The van der Waals surface area contributed by atoms with Crippen LogP contribution in [0, 0.1) is 11.8 Å². The fraction of sp³-hybridized carbons (Fsp3) is 0.429. The van der Waals surface area contributed by atoms with Crippen molar-refractivity contribution >= 4 is 11.8 Å². The highest BCUT2D eigenvalue weighted by atomic mass is 16.2. The quantitative estimate of drug-likeness (QED) is 0.598. The molecule has 0 bridgehead atoms. The maximum absolute atomic E-state index is 11.6. The van der Waals surface area contributed by atoms with Gasteiger partial charge in [-0.2, -0.15) is 0 Å². The molecule has 2 amide bonds. The molecule has 3 heteroatoms. The molecule has 17 heavy (non-hydrogen) atoms. The third-order valence-corrected chi connectivity index (χ3v) is 2.94. The maximum Gasteiger partial charge on any atom is 0.234 e. The summed E-state index contributed by atoms with van der Waals surface area (Å²) in [4.78, 5) is 22.6. The lowest BCUT2D eigenvalue weighted by molar-refractivity contribution is -0.135. The van der Waals surface area contributed by atoms with Gasteiger partial charge in [0.25, 0.3) is 0 Å².